The zero-order valence-electron chi connectivity index (χ0n) is 11.3. The van der Waals surface area contributed by atoms with Crippen molar-refractivity contribution in [1.82, 2.24) is 0 Å². The molecule has 2 rings (SSSR count). The summed E-state index contributed by atoms with van der Waals surface area (Å²) >= 11 is 0. The minimum Gasteiger partial charge on any atom is -0.497 e. The van der Waals surface area contributed by atoms with Crippen molar-refractivity contribution in [3.05, 3.63) is 65.3 Å². The fourth-order valence-corrected chi connectivity index (χ4v) is 2.47. The Morgan fingerprint density at radius 3 is 2.24 bits per heavy atom. The number of nitrogens with one attached hydrogen (secondary N) is 1. The van der Waals surface area contributed by atoms with Gasteiger partial charge in [-0.05, 0) is 48.0 Å². The van der Waals surface area contributed by atoms with Gasteiger partial charge < -0.3 is 4.74 Å². The fourth-order valence-electron chi connectivity index (χ4n) is 1.60. The number of rotatable bonds is 5. The summed E-state index contributed by atoms with van der Waals surface area (Å²) in [5.74, 6) is 0.270. The Morgan fingerprint density at radius 1 is 1.05 bits per heavy atom. The minimum absolute atomic E-state index is 0.302. The lowest BCUT2D eigenvalue weighted by Crippen LogP contribution is -2.08. The molecule has 0 fully saturated rings. The molecule has 0 bridgehead atoms. The van der Waals surface area contributed by atoms with Gasteiger partial charge in [0.15, 0.2) is 0 Å². The summed E-state index contributed by atoms with van der Waals surface area (Å²) in [6.07, 6.45) is 1.46. The van der Waals surface area contributed by atoms with Crippen molar-refractivity contribution >= 4 is 21.8 Å². The molecule has 2 aromatic carbocycles. The van der Waals surface area contributed by atoms with Crippen molar-refractivity contribution in [2.24, 2.45) is 0 Å². The van der Waals surface area contributed by atoms with E-state index in [-0.39, 0.29) is 0 Å². The van der Waals surface area contributed by atoms with Crippen LogP contribution in [0.4, 0.5) is 10.1 Å². The summed E-state index contributed by atoms with van der Waals surface area (Å²) < 4.78 is 43.8. The van der Waals surface area contributed by atoms with Gasteiger partial charge in [0.2, 0.25) is 0 Å². The first-order valence-corrected chi connectivity index (χ1v) is 7.64. The van der Waals surface area contributed by atoms with E-state index in [1.54, 1.807) is 31.4 Å². The van der Waals surface area contributed by atoms with Gasteiger partial charge in [0, 0.05) is 5.69 Å². The lowest BCUT2D eigenvalue weighted by Gasteiger charge is -2.04. The van der Waals surface area contributed by atoms with Gasteiger partial charge in [-0.1, -0.05) is 12.1 Å². The molecular formula is C15H14FNO3S. The van der Waals surface area contributed by atoms with E-state index in [1.807, 2.05) is 0 Å². The Labute approximate surface area is 122 Å². The molecule has 0 spiro atoms. The predicted octanol–water partition coefficient (Wildman–Crippen LogP) is 3.25. The molecule has 21 heavy (non-hydrogen) atoms. The van der Waals surface area contributed by atoms with Crippen molar-refractivity contribution in [3.63, 3.8) is 0 Å². The molecule has 0 saturated heterocycles. The average molecular weight is 307 g/mol. The molecule has 0 heterocycles. The van der Waals surface area contributed by atoms with Gasteiger partial charge in [0.25, 0.3) is 10.0 Å². The number of hydrogen-bond donors (Lipinski definition) is 1. The number of benzene rings is 2. The van der Waals surface area contributed by atoms with Gasteiger partial charge in [-0.2, -0.15) is 0 Å². The van der Waals surface area contributed by atoms with Crippen LogP contribution in [0, 0.1) is 5.82 Å². The van der Waals surface area contributed by atoms with Crippen LogP contribution in [0.15, 0.2) is 53.9 Å². The normalized spacial score (nSPS) is 11.5. The van der Waals surface area contributed by atoms with Gasteiger partial charge >= 0.3 is 0 Å². The highest BCUT2D eigenvalue weighted by Gasteiger charge is 2.05. The number of hydrogen-bond acceptors (Lipinski definition) is 3. The van der Waals surface area contributed by atoms with Crippen LogP contribution in [0.25, 0.3) is 6.08 Å². The van der Waals surface area contributed by atoms with Crippen molar-refractivity contribution in [3.8, 4) is 5.75 Å². The molecule has 0 aliphatic carbocycles. The topological polar surface area (TPSA) is 55.4 Å². The molecular weight excluding hydrogens is 293 g/mol. The average Bonchev–Trinajstić information content (AvgIpc) is 2.48. The van der Waals surface area contributed by atoms with Gasteiger partial charge in [0.05, 0.1) is 12.5 Å². The summed E-state index contributed by atoms with van der Waals surface area (Å²) in [6, 6.07) is 12.0. The molecule has 0 saturated carbocycles. The lowest BCUT2D eigenvalue weighted by molar-refractivity contribution is 0.415. The van der Waals surface area contributed by atoms with Crippen LogP contribution in [0.5, 0.6) is 5.75 Å². The van der Waals surface area contributed by atoms with Crippen molar-refractivity contribution < 1.29 is 17.5 Å². The molecule has 0 aliphatic rings. The molecule has 1 N–H and O–H groups in total. The number of sulfonamides is 1. The third-order valence-electron chi connectivity index (χ3n) is 2.66. The Hall–Kier alpha value is -2.34. The largest absolute Gasteiger partial charge is 0.497 e. The molecule has 0 aromatic heterocycles. The lowest BCUT2D eigenvalue weighted by atomic mass is 10.2. The monoisotopic (exact) mass is 307 g/mol. The molecule has 0 radical (unpaired) electrons. The maximum Gasteiger partial charge on any atom is 0.255 e. The second-order valence-electron chi connectivity index (χ2n) is 4.23. The van der Waals surface area contributed by atoms with E-state index in [1.165, 1.54) is 30.3 Å². The SMILES string of the molecule is COc1ccc(C=CS(=O)(=O)Nc2ccc(F)cc2)cc1. The zero-order valence-corrected chi connectivity index (χ0v) is 12.1. The minimum atomic E-state index is -3.65. The third kappa shape index (κ3) is 4.61. The summed E-state index contributed by atoms with van der Waals surface area (Å²) in [5.41, 5.74) is 1.02. The molecule has 0 atom stereocenters. The van der Waals surface area contributed by atoms with Crippen molar-refractivity contribution in [2.75, 3.05) is 11.8 Å². The molecule has 0 amide bonds. The Balaban J connectivity index is 2.08. The molecule has 0 unspecified atom stereocenters. The third-order valence-corrected chi connectivity index (χ3v) is 3.67. The van der Waals surface area contributed by atoms with Crippen molar-refractivity contribution in [2.45, 2.75) is 0 Å². The maximum atomic E-state index is 12.7. The predicted molar refractivity (Wildman–Crippen MR) is 81.0 cm³/mol. The molecule has 6 heteroatoms. The van der Waals surface area contributed by atoms with Crippen LogP contribution in [0.1, 0.15) is 5.56 Å². The summed E-state index contributed by atoms with van der Waals surface area (Å²) in [5, 5.41) is 1.05. The highest BCUT2D eigenvalue weighted by molar-refractivity contribution is 7.95. The van der Waals surface area contributed by atoms with Crippen LogP contribution in [0.3, 0.4) is 0 Å². The van der Waals surface area contributed by atoms with E-state index in [9.17, 15) is 12.8 Å². The Kier molecular flexibility index (Phi) is 4.59. The van der Waals surface area contributed by atoms with E-state index in [4.69, 9.17) is 4.74 Å². The standard InChI is InChI=1S/C15H14FNO3S/c1-20-15-8-2-12(3-9-15)10-11-21(18,19)17-14-6-4-13(16)5-7-14/h2-11,17H,1H3. The van der Waals surface area contributed by atoms with Crippen LogP contribution in [0.2, 0.25) is 0 Å². The van der Waals surface area contributed by atoms with Gasteiger partial charge in [-0.3, -0.25) is 4.72 Å². The maximum absolute atomic E-state index is 12.7. The summed E-state index contributed by atoms with van der Waals surface area (Å²) in [4.78, 5) is 0. The van der Waals surface area contributed by atoms with E-state index in [0.29, 0.717) is 11.4 Å². The first-order chi connectivity index (χ1) is 9.98. The van der Waals surface area contributed by atoms with E-state index < -0.39 is 15.8 Å². The highest BCUT2D eigenvalue weighted by atomic mass is 32.2. The van der Waals surface area contributed by atoms with Gasteiger partial charge in [-0.15, -0.1) is 0 Å². The highest BCUT2D eigenvalue weighted by Crippen LogP contribution is 2.14. The van der Waals surface area contributed by atoms with Crippen LogP contribution in [-0.2, 0) is 10.0 Å². The number of ether oxygens (including phenoxy) is 1. The smallest absolute Gasteiger partial charge is 0.255 e. The van der Waals surface area contributed by atoms with E-state index in [0.717, 1.165) is 11.0 Å². The van der Waals surface area contributed by atoms with Crippen LogP contribution in [-0.4, -0.2) is 15.5 Å². The number of halogens is 1. The van der Waals surface area contributed by atoms with Gasteiger partial charge in [-0.25, -0.2) is 12.8 Å². The molecule has 4 nitrogen and oxygen atoms in total. The summed E-state index contributed by atoms with van der Waals surface area (Å²) in [7, 11) is -2.09. The first kappa shape index (κ1) is 15.1. The summed E-state index contributed by atoms with van der Waals surface area (Å²) in [6.45, 7) is 0. The Morgan fingerprint density at radius 2 is 1.67 bits per heavy atom. The number of anilines is 1. The fraction of sp³-hybridized carbons (Fsp3) is 0.0667. The second kappa shape index (κ2) is 6.41. The van der Waals surface area contributed by atoms with Crippen LogP contribution < -0.4 is 9.46 Å². The molecule has 0 aliphatic heterocycles. The van der Waals surface area contributed by atoms with Crippen LogP contribution >= 0.6 is 0 Å². The molecule has 110 valence electrons. The first-order valence-electron chi connectivity index (χ1n) is 6.09. The Bertz CT molecular complexity index is 723. The number of methoxy groups -OCH3 is 1. The van der Waals surface area contributed by atoms with E-state index >= 15 is 0 Å². The zero-order chi connectivity index (χ0) is 15.3. The van der Waals surface area contributed by atoms with Crippen molar-refractivity contribution in [1.29, 1.82) is 0 Å². The second-order valence-corrected chi connectivity index (χ2v) is 5.80. The van der Waals surface area contributed by atoms with Gasteiger partial charge in [0.1, 0.15) is 11.6 Å². The quantitative estimate of drug-likeness (QED) is 0.922. The van der Waals surface area contributed by atoms with E-state index in [2.05, 4.69) is 4.72 Å². The molecule has 2 aromatic rings.